The Balaban J connectivity index is 2.06. The second-order valence-electron chi connectivity index (χ2n) is 6.32. The normalized spacial score (nSPS) is 16.1. The fraction of sp³-hybridized carbons (Fsp3) is 0.316. The molecule has 2 aromatic rings. The van der Waals surface area contributed by atoms with Crippen molar-refractivity contribution in [3.63, 3.8) is 0 Å². The second kappa shape index (κ2) is 6.67. The Bertz CT molecular complexity index is 820. The van der Waals surface area contributed by atoms with Gasteiger partial charge in [0.1, 0.15) is 0 Å². The van der Waals surface area contributed by atoms with Crippen LogP contribution in [0, 0.1) is 6.92 Å². The minimum Gasteiger partial charge on any atom is -0.388 e. The van der Waals surface area contributed by atoms with Crippen LogP contribution >= 0.6 is 11.6 Å². The summed E-state index contributed by atoms with van der Waals surface area (Å²) in [4.78, 5) is 14.7. The minimum absolute atomic E-state index is 0.141. The third-order valence-electron chi connectivity index (χ3n) is 4.58. The summed E-state index contributed by atoms with van der Waals surface area (Å²) >= 11 is 6.03. The summed E-state index contributed by atoms with van der Waals surface area (Å²) in [6.07, 6.45) is 0.612. The van der Waals surface area contributed by atoms with Crippen LogP contribution in [0.4, 0.5) is 11.4 Å². The maximum atomic E-state index is 13.1. The smallest absolute Gasteiger partial charge is 0.258 e. The van der Waals surface area contributed by atoms with Gasteiger partial charge < -0.3 is 20.4 Å². The van der Waals surface area contributed by atoms with Crippen LogP contribution in [0.3, 0.4) is 0 Å². The molecular weight excluding hydrogens is 340 g/mol. The summed E-state index contributed by atoms with van der Waals surface area (Å²) in [7, 11) is 1.83. The molecule has 0 saturated heterocycles. The van der Waals surface area contributed by atoms with Crippen LogP contribution in [-0.2, 0) is 5.79 Å². The van der Waals surface area contributed by atoms with E-state index in [-0.39, 0.29) is 17.9 Å². The summed E-state index contributed by atoms with van der Waals surface area (Å²) in [5, 5.41) is 24.2. The van der Waals surface area contributed by atoms with E-state index in [2.05, 4.69) is 5.32 Å². The van der Waals surface area contributed by atoms with Gasteiger partial charge >= 0.3 is 0 Å². The SMILES string of the molecule is CNc1ccc(C(=O)N2CCCC(O)(O)c3cc(Cl)ccc32)c(C)c1. The number of hydrogen-bond acceptors (Lipinski definition) is 4. The van der Waals surface area contributed by atoms with Crippen LogP contribution in [0.25, 0.3) is 0 Å². The lowest BCUT2D eigenvalue weighted by Gasteiger charge is -2.26. The standard InChI is InChI=1S/C19H21ClN2O3/c1-12-10-14(21-2)5-6-15(12)18(23)22-9-3-8-19(24,25)16-11-13(20)4-7-17(16)22/h4-7,10-11,21,24-25H,3,8-9H2,1-2H3. The van der Waals surface area contributed by atoms with Gasteiger partial charge in [0, 0.05) is 41.9 Å². The fourth-order valence-corrected chi connectivity index (χ4v) is 3.39. The van der Waals surface area contributed by atoms with Crippen molar-refractivity contribution in [1.82, 2.24) is 0 Å². The van der Waals surface area contributed by atoms with Gasteiger partial charge in [0.25, 0.3) is 5.91 Å². The summed E-state index contributed by atoms with van der Waals surface area (Å²) in [5.74, 6) is -2.17. The van der Waals surface area contributed by atoms with Gasteiger partial charge in [-0.3, -0.25) is 4.79 Å². The number of carbonyl (C=O) groups is 1. The predicted molar refractivity (Wildman–Crippen MR) is 99.2 cm³/mol. The Labute approximate surface area is 151 Å². The van der Waals surface area contributed by atoms with Crippen LogP contribution in [0.15, 0.2) is 36.4 Å². The van der Waals surface area contributed by atoms with Gasteiger partial charge in [0.2, 0.25) is 0 Å². The van der Waals surface area contributed by atoms with E-state index in [1.54, 1.807) is 23.1 Å². The van der Waals surface area contributed by atoms with E-state index in [9.17, 15) is 15.0 Å². The maximum Gasteiger partial charge on any atom is 0.258 e. The Morgan fingerprint density at radius 1 is 1.24 bits per heavy atom. The molecule has 0 atom stereocenters. The highest BCUT2D eigenvalue weighted by Gasteiger charge is 2.35. The van der Waals surface area contributed by atoms with E-state index in [1.807, 2.05) is 26.1 Å². The molecule has 1 aliphatic heterocycles. The lowest BCUT2D eigenvalue weighted by molar-refractivity contribution is -0.173. The number of nitrogens with zero attached hydrogens (tertiary/aromatic N) is 1. The predicted octanol–water partition coefficient (Wildman–Crippen LogP) is 3.27. The molecule has 0 saturated carbocycles. The number of anilines is 2. The Morgan fingerprint density at radius 2 is 2.00 bits per heavy atom. The van der Waals surface area contributed by atoms with Gasteiger partial charge in [-0.25, -0.2) is 0 Å². The number of carbonyl (C=O) groups excluding carboxylic acids is 1. The molecule has 0 aliphatic carbocycles. The molecule has 25 heavy (non-hydrogen) atoms. The average Bonchev–Trinajstić information content (AvgIpc) is 2.70. The van der Waals surface area contributed by atoms with E-state index in [0.29, 0.717) is 29.2 Å². The number of aliphatic hydroxyl groups is 2. The van der Waals surface area contributed by atoms with E-state index >= 15 is 0 Å². The monoisotopic (exact) mass is 360 g/mol. The topological polar surface area (TPSA) is 72.8 Å². The highest BCUT2D eigenvalue weighted by molar-refractivity contribution is 6.30. The molecule has 0 aromatic heterocycles. The first-order valence-corrected chi connectivity index (χ1v) is 8.56. The van der Waals surface area contributed by atoms with Gasteiger partial charge in [0.15, 0.2) is 5.79 Å². The second-order valence-corrected chi connectivity index (χ2v) is 6.75. The van der Waals surface area contributed by atoms with Crippen molar-refractivity contribution in [2.75, 3.05) is 23.8 Å². The first-order valence-electron chi connectivity index (χ1n) is 8.18. The summed E-state index contributed by atoms with van der Waals surface area (Å²) < 4.78 is 0. The van der Waals surface area contributed by atoms with Gasteiger partial charge in [-0.05, 0) is 55.3 Å². The number of rotatable bonds is 2. The zero-order chi connectivity index (χ0) is 18.2. The zero-order valence-electron chi connectivity index (χ0n) is 14.2. The molecule has 6 heteroatoms. The lowest BCUT2D eigenvalue weighted by atomic mass is 10.0. The van der Waals surface area contributed by atoms with Gasteiger partial charge in [-0.2, -0.15) is 0 Å². The number of amides is 1. The quantitative estimate of drug-likeness (QED) is 0.719. The van der Waals surface area contributed by atoms with Crippen molar-refractivity contribution in [3.05, 3.63) is 58.1 Å². The molecule has 0 spiro atoms. The van der Waals surface area contributed by atoms with E-state index in [4.69, 9.17) is 11.6 Å². The molecule has 132 valence electrons. The van der Waals surface area contributed by atoms with E-state index in [0.717, 1.165) is 11.3 Å². The van der Waals surface area contributed by atoms with Crippen molar-refractivity contribution >= 4 is 28.9 Å². The molecular formula is C19H21ClN2O3. The first kappa shape index (κ1) is 17.7. The number of nitrogens with one attached hydrogen (secondary N) is 1. The molecule has 5 nitrogen and oxygen atoms in total. The molecule has 0 unspecified atom stereocenters. The highest BCUT2D eigenvalue weighted by atomic mass is 35.5. The van der Waals surface area contributed by atoms with Crippen LogP contribution in [-0.4, -0.2) is 29.7 Å². The molecule has 1 heterocycles. The summed E-state index contributed by atoms with van der Waals surface area (Å²) in [6.45, 7) is 2.29. The molecule has 3 N–H and O–H groups in total. The van der Waals surface area contributed by atoms with Crippen LogP contribution < -0.4 is 10.2 Å². The number of aryl methyl sites for hydroxylation is 1. The number of benzene rings is 2. The summed E-state index contributed by atoms with van der Waals surface area (Å²) in [5.41, 5.74) is 3.12. The zero-order valence-corrected chi connectivity index (χ0v) is 15.0. The van der Waals surface area contributed by atoms with Crippen molar-refractivity contribution in [3.8, 4) is 0 Å². The number of halogens is 1. The summed E-state index contributed by atoms with van der Waals surface area (Å²) in [6, 6.07) is 10.4. The van der Waals surface area contributed by atoms with E-state index < -0.39 is 5.79 Å². The molecule has 0 fully saturated rings. The Morgan fingerprint density at radius 3 is 2.68 bits per heavy atom. The number of fused-ring (bicyclic) bond motifs is 1. The lowest BCUT2D eigenvalue weighted by Crippen LogP contribution is -2.32. The van der Waals surface area contributed by atoms with Crippen LogP contribution in [0.1, 0.15) is 34.3 Å². The molecule has 2 aromatic carbocycles. The first-order chi connectivity index (χ1) is 11.8. The minimum atomic E-state index is -2.00. The Hall–Kier alpha value is -2.08. The molecule has 3 rings (SSSR count). The van der Waals surface area contributed by atoms with Gasteiger partial charge in [-0.15, -0.1) is 0 Å². The average molecular weight is 361 g/mol. The van der Waals surface area contributed by atoms with Crippen molar-refractivity contribution < 1.29 is 15.0 Å². The fourth-order valence-electron chi connectivity index (χ4n) is 3.22. The van der Waals surface area contributed by atoms with Crippen molar-refractivity contribution in [2.24, 2.45) is 0 Å². The largest absolute Gasteiger partial charge is 0.388 e. The Kier molecular flexibility index (Phi) is 4.73. The third-order valence-corrected chi connectivity index (χ3v) is 4.81. The highest BCUT2D eigenvalue weighted by Crippen LogP contribution is 2.38. The number of hydrogen-bond donors (Lipinski definition) is 3. The molecule has 1 amide bonds. The third kappa shape index (κ3) is 3.35. The van der Waals surface area contributed by atoms with Crippen LogP contribution in [0.2, 0.25) is 5.02 Å². The van der Waals surface area contributed by atoms with Crippen molar-refractivity contribution in [2.45, 2.75) is 25.6 Å². The van der Waals surface area contributed by atoms with Gasteiger partial charge in [0.05, 0.1) is 5.69 Å². The van der Waals surface area contributed by atoms with Gasteiger partial charge in [-0.1, -0.05) is 11.6 Å². The van der Waals surface area contributed by atoms with Crippen molar-refractivity contribution in [1.29, 1.82) is 0 Å². The maximum absolute atomic E-state index is 13.1. The molecule has 0 bridgehead atoms. The van der Waals surface area contributed by atoms with E-state index in [1.165, 1.54) is 6.07 Å². The molecule has 1 aliphatic rings. The molecule has 0 radical (unpaired) electrons. The van der Waals surface area contributed by atoms with Crippen LogP contribution in [0.5, 0.6) is 0 Å².